The Bertz CT molecular complexity index is 1100. The SMILES string of the molecule is NS(=O)(=O)N(c1cccc(-c2scc(N3CC(=O)NS3(O)O)c2Cl)c1)C1CCCCC1. The van der Waals surface area contributed by atoms with Gasteiger partial charge in [-0.3, -0.25) is 18.2 Å². The molecule has 1 aliphatic heterocycles. The van der Waals surface area contributed by atoms with E-state index in [4.69, 9.17) is 16.7 Å². The Morgan fingerprint density at radius 2 is 1.97 bits per heavy atom. The van der Waals surface area contributed by atoms with Gasteiger partial charge in [-0.25, -0.2) is 14.2 Å². The van der Waals surface area contributed by atoms with Gasteiger partial charge in [0, 0.05) is 11.4 Å². The third-order valence-electron chi connectivity index (χ3n) is 5.37. The van der Waals surface area contributed by atoms with Crippen LogP contribution in [-0.4, -0.2) is 36.0 Å². The highest BCUT2D eigenvalue weighted by Crippen LogP contribution is 2.52. The molecule has 1 saturated carbocycles. The lowest BCUT2D eigenvalue weighted by atomic mass is 9.95. The highest BCUT2D eigenvalue weighted by Gasteiger charge is 2.37. The summed E-state index contributed by atoms with van der Waals surface area (Å²) in [5, 5.41) is 7.45. The van der Waals surface area contributed by atoms with Crippen molar-refractivity contribution in [2.24, 2.45) is 5.14 Å². The summed E-state index contributed by atoms with van der Waals surface area (Å²) in [6, 6.07) is 6.74. The van der Waals surface area contributed by atoms with Gasteiger partial charge >= 0.3 is 0 Å². The molecule has 13 heteroatoms. The van der Waals surface area contributed by atoms with E-state index in [1.54, 1.807) is 29.6 Å². The van der Waals surface area contributed by atoms with Crippen LogP contribution in [0, 0.1) is 0 Å². The molecule has 2 heterocycles. The van der Waals surface area contributed by atoms with Gasteiger partial charge in [-0.1, -0.05) is 43.0 Å². The Labute approximate surface area is 191 Å². The van der Waals surface area contributed by atoms with Crippen LogP contribution in [0.4, 0.5) is 11.4 Å². The fourth-order valence-electron chi connectivity index (χ4n) is 4.05. The molecule has 5 N–H and O–H groups in total. The van der Waals surface area contributed by atoms with Gasteiger partial charge in [-0.05, 0) is 41.5 Å². The van der Waals surface area contributed by atoms with Crippen molar-refractivity contribution in [3.05, 3.63) is 34.7 Å². The molecule has 0 radical (unpaired) electrons. The smallest absolute Gasteiger partial charge is 0.271 e. The Balaban J connectivity index is 1.70. The average Bonchev–Trinajstić information content (AvgIpc) is 3.19. The van der Waals surface area contributed by atoms with Crippen LogP contribution in [0.2, 0.25) is 5.02 Å². The maximum atomic E-state index is 12.4. The molecule has 1 saturated heterocycles. The Hall–Kier alpha value is -1.54. The number of nitrogens with zero attached hydrogens (tertiary/aromatic N) is 2. The van der Waals surface area contributed by atoms with E-state index < -0.39 is 27.1 Å². The van der Waals surface area contributed by atoms with Gasteiger partial charge in [0.2, 0.25) is 0 Å². The van der Waals surface area contributed by atoms with Gasteiger partial charge < -0.3 is 0 Å². The minimum Gasteiger partial charge on any atom is -0.271 e. The number of hydrogen-bond acceptors (Lipinski definition) is 7. The fraction of sp³-hybridized carbons (Fsp3) is 0.389. The lowest BCUT2D eigenvalue weighted by Gasteiger charge is -2.35. The summed E-state index contributed by atoms with van der Waals surface area (Å²) in [7, 11) is -7.45. The number of rotatable bonds is 5. The highest BCUT2D eigenvalue weighted by atomic mass is 35.5. The molecule has 0 atom stereocenters. The number of carbonyl (C=O) groups is 1. The summed E-state index contributed by atoms with van der Waals surface area (Å²) < 4.78 is 49.6. The van der Waals surface area contributed by atoms with Gasteiger partial charge in [0.1, 0.15) is 6.54 Å². The minimum absolute atomic E-state index is 0.192. The molecular weight excluding hydrogens is 484 g/mol. The van der Waals surface area contributed by atoms with Gasteiger partial charge in [-0.15, -0.1) is 11.3 Å². The zero-order valence-electron chi connectivity index (χ0n) is 16.4. The molecule has 0 bridgehead atoms. The first kappa shape index (κ1) is 22.6. The monoisotopic (exact) mass is 506 g/mol. The zero-order valence-corrected chi connectivity index (χ0v) is 19.6. The van der Waals surface area contributed by atoms with E-state index in [0.29, 0.717) is 21.8 Å². The number of benzene rings is 1. The topological polar surface area (TPSA) is 136 Å². The van der Waals surface area contributed by atoms with E-state index in [0.717, 1.165) is 36.4 Å². The lowest BCUT2D eigenvalue weighted by molar-refractivity contribution is -0.117. The van der Waals surface area contributed by atoms with E-state index >= 15 is 0 Å². The second-order valence-electron chi connectivity index (χ2n) is 7.53. The number of nitrogens with two attached hydrogens (primary N) is 1. The quantitative estimate of drug-likeness (QED) is 0.485. The molecule has 2 fully saturated rings. The van der Waals surface area contributed by atoms with Crippen molar-refractivity contribution < 1.29 is 22.3 Å². The molecule has 2 aliphatic rings. The van der Waals surface area contributed by atoms with Crippen LogP contribution in [0.1, 0.15) is 32.1 Å². The van der Waals surface area contributed by atoms with Crippen LogP contribution in [0.25, 0.3) is 10.4 Å². The number of amides is 1. The lowest BCUT2D eigenvalue weighted by Crippen LogP contribution is -2.45. The van der Waals surface area contributed by atoms with Crippen molar-refractivity contribution in [1.82, 2.24) is 4.72 Å². The maximum absolute atomic E-state index is 12.4. The first-order valence-electron chi connectivity index (χ1n) is 9.64. The first-order chi connectivity index (χ1) is 14.6. The number of hydrogen-bond donors (Lipinski definition) is 4. The van der Waals surface area contributed by atoms with Crippen molar-refractivity contribution >= 4 is 61.4 Å². The second-order valence-corrected chi connectivity index (χ2v) is 11.9. The summed E-state index contributed by atoms with van der Waals surface area (Å²) in [6.07, 6.45) is 4.48. The Kier molecular flexibility index (Phi) is 6.16. The summed E-state index contributed by atoms with van der Waals surface area (Å²) in [5.74, 6) is -0.512. The van der Waals surface area contributed by atoms with E-state index in [1.165, 1.54) is 15.6 Å². The molecule has 1 amide bonds. The number of anilines is 2. The molecule has 1 aromatic heterocycles. The maximum Gasteiger partial charge on any atom is 0.299 e. The summed E-state index contributed by atoms with van der Waals surface area (Å²) in [6.45, 7) is -0.223. The third-order valence-corrected chi connectivity index (χ3v) is 9.38. The van der Waals surface area contributed by atoms with E-state index in [1.807, 2.05) is 0 Å². The molecule has 0 spiro atoms. The van der Waals surface area contributed by atoms with Crippen LogP contribution in [0.5, 0.6) is 0 Å². The van der Waals surface area contributed by atoms with Crippen LogP contribution in [-0.2, 0) is 15.0 Å². The highest BCUT2D eigenvalue weighted by molar-refractivity contribution is 8.24. The first-order valence-corrected chi connectivity index (χ1v) is 13.9. The molecule has 31 heavy (non-hydrogen) atoms. The van der Waals surface area contributed by atoms with Gasteiger partial charge in [0.15, 0.2) is 0 Å². The normalized spacial score (nSPS) is 20.5. The predicted octanol–water partition coefficient (Wildman–Crippen LogP) is 3.93. The van der Waals surface area contributed by atoms with Crippen molar-refractivity contribution in [2.75, 3.05) is 15.2 Å². The van der Waals surface area contributed by atoms with Crippen molar-refractivity contribution in [3.63, 3.8) is 0 Å². The Morgan fingerprint density at radius 1 is 1.26 bits per heavy atom. The Morgan fingerprint density at radius 3 is 2.58 bits per heavy atom. The molecular formula is C18H23ClN4O5S3. The zero-order chi connectivity index (χ0) is 22.4. The van der Waals surface area contributed by atoms with Crippen LogP contribution in [0.15, 0.2) is 29.6 Å². The van der Waals surface area contributed by atoms with E-state index in [-0.39, 0.29) is 17.6 Å². The number of carbonyl (C=O) groups excluding carboxylic acids is 1. The number of halogens is 1. The van der Waals surface area contributed by atoms with Crippen LogP contribution >= 0.6 is 33.9 Å². The minimum atomic E-state index is -3.97. The van der Waals surface area contributed by atoms with Crippen LogP contribution in [0.3, 0.4) is 0 Å². The van der Waals surface area contributed by atoms with Gasteiger partial charge in [-0.2, -0.15) is 8.42 Å². The van der Waals surface area contributed by atoms with Crippen molar-refractivity contribution in [1.29, 1.82) is 0 Å². The standard InChI is InChI=1S/C18H23ClN4O5S3/c19-17-15(22-10-16(24)21-31(22,27)28)11-29-18(17)12-5-4-8-14(9-12)23(30(20,25)26)13-6-2-1-3-7-13/h4-5,8-9,11,13,27-28H,1-3,6-7,10H2,(H,21,24)(H2,20,25,26). The van der Waals surface area contributed by atoms with E-state index in [2.05, 4.69) is 4.72 Å². The molecule has 1 aliphatic carbocycles. The molecule has 4 rings (SSSR count). The van der Waals surface area contributed by atoms with Gasteiger partial charge in [0.05, 0.1) is 21.3 Å². The average molecular weight is 507 g/mol. The molecule has 170 valence electrons. The predicted molar refractivity (Wildman–Crippen MR) is 126 cm³/mol. The van der Waals surface area contributed by atoms with Crippen molar-refractivity contribution in [3.8, 4) is 10.4 Å². The second kappa shape index (κ2) is 8.43. The number of thiophene rings is 1. The van der Waals surface area contributed by atoms with E-state index in [9.17, 15) is 22.3 Å². The summed E-state index contributed by atoms with van der Waals surface area (Å²) in [5.41, 5.74) is 1.44. The van der Waals surface area contributed by atoms with Crippen LogP contribution < -0.4 is 18.5 Å². The molecule has 2 aromatic rings. The van der Waals surface area contributed by atoms with Crippen molar-refractivity contribution in [2.45, 2.75) is 38.1 Å². The van der Waals surface area contributed by atoms with Gasteiger partial charge in [0.25, 0.3) is 16.1 Å². The molecule has 0 unspecified atom stereocenters. The summed E-state index contributed by atoms with van der Waals surface area (Å²) >= 11 is 7.81. The third kappa shape index (κ3) is 4.51. The molecule has 9 nitrogen and oxygen atoms in total. The number of nitrogens with one attached hydrogen (secondary N) is 1. The molecule has 1 aromatic carbocycles. The summed E-state index contributed by atoms with van der Waals surface area (Å²) in [4.78, 5) is 12.2. The fourth-order valence-corrected chi connectivity index (χ4v) is 7.80. The largest absolute Gasteiger partial charge is 0.299 e.